The Bertz CT molecular complexity index is 311. The number of piperidine rings is 1. The molecule has 96 valence electrons. The molecule has 1 aliphatic carbocycles. The lowest BCUT2D eigenvalue weighted by Crippen LogP contribution is -2.46. The first-order valence-electron chi connectivity index (χ1n) is 6.36. The van der Waals surface area contributed by atoms with E-state index in [2.05, 4.69) is 0 Å². The van der Waals surface area contributed by atoms with Crippen molar-refractivity contribution in [3.05, 3.63) is 0 Å². The molecule has 1 saturated carbocycles. The summed E-state index contributed by atoms with van der Waals surface area (Å²) in [6.07, 6.45) is 3.87. The van der Waals surface area contributed by atoms with Crippen LogP contribution in [0.15, 0.2) is 0 Å². The van der Waals surface area contributed by atoms with E-state index in [4.69, 9.17) is 10.8 Å². The zero-order valence-electron chi connectivity index (χ0n) is 9.97. The van der Waals surface area contributed by atoms with Gasteiger partial charge in [-0.25, -0.2) is 0 Å². The fraction of sp³-hybridized carbons (Fsp3) is 0.833. The minimum Gasteiger partial charge on any atom is -0.481 e. The topological polar surface area (TPSA) is 83.6 Å². The molecule has 0 bridgehead atoms. The Morgan fingerprint density at radius 1 is 1.06 bits per heavy atom. The normalized spacial score (nSPS) is 30.5. The molecule has 5 heteroatoms. The SMILES string of the molecule is NC1CCN(C(=O)C2CCCC2C(=O)O)CC1. The standard InChI is InChI=1S/C12H20N2O3/c13-8-4-6-14(7-5-8)11(15)9-2-1-3-10(9)12(16)17/h8-10H,1-7,13H2,(H,16,17). The molecule has 1 heterocycles. The number of nitrogens with two attached hydrogens (primary N) is 1. The molecule has 0 radical (unpaired) electrons. The number of hydrogen-bond donors (Lipinski definition) is 2. The van der Waals surface area contributed by atoms with Crippen LogP contribution >= 0.6 is 0 Å². The fourth-order valence-corrected chi connectivity index (χ4v) is 2.91. The lowest BCUT2D eigenvalue weighted by molar-refractivity contribution is -0.149. The van der Waals surface area contributed by atoms with Gasteiger partial charge in [0, 0.05) is 19.1 Å². The molecule has 1 amide bonds. The van der Waals surface area contributed by atoms with E-state index in [1.807, 2.05) is 0 Å². The fourth-order valence-electron chi connectivity index (χ4n) is 2.91. The molecule has 1 aliphatic heterocycles. The quantitative estimate of drug-likeness (QED) is 0.733. The predicted octanol–water partition coefficient (Wildman–Crippen LogP) is 0.437. The number of likely N-dealkylation sites (tertiary alicyclic amines) is 1. The second-order valence-corrected chi connectivity index (χ2v) is 5.14. The maximum atomic E-state index is 12.2. The van der Waals surface area contributed by atoms with Crippen LogP contribution in [0.2, 0.25) is 0 Å². The van der Waals surface area contributed by atoms with Gasteiger partial charge in [0.1, 0.15) is 0 Å². The van der Waals surface area contributed by atoms with Crippen molar-refractivity contribution in [2.24, 2.45) is 17.6 Å². The first kappa shape index (κ1) is 12.4. The van der Waals surface area contributed by atoms with Crippen LogP contribution < -0.4 is 5.73 Å². The summed E-state index contributed by atoms with van der Waals surface area (Å²) in [6, 6.07) is 0.192. The maximum Gasteiger partial charge on any atom is 0.307 e. The van der Waals surface area contributed by atoms with E-state index >= 15 is 0 Å². The predicted molar refractivity (Wildman–Crippen MR) is 62.3 cm³/mol. The molecule has 3 N–H and O–H groups in total. The molecular weight excluding hydrogens is 220 g/mol. The van der Waals surface area contributed by atoms with Crippen molar-refractivity contribution in [1.82, 2.24) is 4.90 Å². The average molecular weight is 240 g/mol. The van der Waals surface area contributed by atoms with Gasteiger partial charge in [0.2, 0.25) is 5.91 Å². The van der Waals surface area contributed by atoms with Crippen LogP contribution in [0.25, 0.3) is 0 Å². The minimum absolute atomic E-state index is 0.0294. The lowest BCUT2D eigenvalue weighted by atomic mass is 9.93. The van der Waals surface area contributed by atoms with Gasteiger partial charge in [0.25, 0.3) is 0 Å². The third-order valence-corrected chi connectivity index (χ3v) is 4.00. The number of carboxylic acid groups (broad SMARTS) is 1. The number of carbonyl (C=O) groups is 2. The number of carboxylic acids is 1. The van der Waals surface area contributed by atoms with Gasteiger partial charge in [0.15, 0.2) is 0 Å². The lowest BCUT2D eigenvalue weighted by Gasteiger charge is -2.32. The average Bonchev–Trinajstić information content (AvgIpc) is 2.78. The summed E-state index contributed by atoms with van der Waals surface area (Å²) in [5, 5.41) is 9.08. The summed E-state index contributed by atoms with van der Waals surface area (Å²) in [7, 11) is 0. The van der Waals surface area contributed by atoms with Crippen LogP contribution in [0.1, 0.15) is 32.1 Å². The molecule has 1 saturated heterocycles. The Kier molecular flexibility index (Phi) is 3.66. The Labute approximate surface area is 101 Å². The van der Waals surface area contributed by atoms with Gasteiger partial charge in [-0.05, 0) is 25.7 Å². The van der Waals surface area contributed by atoms with Crippen LogP contribution in [0.5, 0.6) is 0 Å². The summed E-state index contributed by atoms with van der Waals surface area (Å²) >= 11 is 0. The maximum absolute atomic E-state index is 12.2. The number of hydrogen-bond acceptors (Lipinski definition) is 3. The van der Waals surface area contributed by atoms with Crippen molar-refractivity contribution in [3.63, 3.8) is 0 Å². The Morgan fingerprint density at radius 2 is 1.65 bits per heavy atom. The number of nitrogens with zero attached hydrogens (tertiary/aromatic N) is 1. The van der Waals surface area contributed by atoms with E-state index in [9.17, 15) is 9.59 Å². The van der Waals surface area contributed by atoms with E-state index in [1.165, 1.54) is 0 Å². The van der Waals surface area contributed by atoms with E-state index in [0.29, 0.717) is 19.5 Å². The highest BCUT2D eigenvalue weighted by Gasteiger charge is 2.40. The number of amides is 1. The van der Waals surface area contributed by atoms with Crippen LogP contribution in [0, 0.1) is 11.8 Å². The third-order valence-electron chi connectivity index (χ3n) is 4.00. The van der Waals surface area contributed by atoms with Gasteiger partial charge in [0.05, 0.1) is 11.8 Å². The first-order valence-corrected chi connectivity index (χ1v) is 6.36. The Balaban J connectivity index is 1.97. The van der Waals surface area contributed by atoms with Crippen molar-refractivity contribution in [1.29, 1.82) is 0 Å². The zero-order valence-corrected chi connectivity index (χ0v) is 9.97. The molecule has 2 aliphatic rings. The Hall–Kier alpha value is -1.10. The van der Waals surface area contributed by atoms with Crippen LogP contribution in [0.4, 0.5) is 0 Å². The zero-order chi connectivity index (χ0) is 12.4. The molecule has 5 nitrogen and oxygen atoms in total. The van der Waals surface area contributed by atoms with Crippen molar-refractivity contribution in [2.45, 2.75) is 38.1 Å². The number of carbonyl (C=O) groups excluding carboxylic acids is 1. The highest BCUT2D eigenvalue weighted by atomic mass is 16.4. The number of rotatable bonds is 2. The third kappa shape index (κ3) is 2.60. The molecule has 2 atom stereocenters. The first-order chi connectivity index (χ1) is 8.09. The van der Waals surface area contributed by atoms with Gasteiger partial charge >= 0.3 is 5.97 Å². The van der Waals surface area contributed by atoms with Crippen LogP contribution in [-0.4, -0.2) is 41.0 Å². The molecule has 2 fully saturated rings. The van der Waals surface area contributed by atoms with E-state index in [-0.39, 0.29) is 17.9 Å². The summed E-state index contributed by atoms with van der Waals surface area (Å²) < 4.78 is 0. The molecule has 0 aromatic heterocycles. The van der Waals surface area contributed by atoms with Crippen molar-refractivity contribution >= 4 is 11.9 Å². The molecule has 0 spiro atoms. The van der Waals surface area contributed by atoms with Gasteiger partial charge in [-0.1, -0.05) is 6.42 Å². The summed E-state index contributed by atoms with van der Waals surface area (Å²) in [4.78, 5) is 25.1. The summed E-state index contributed by atoms with van der Waals surface area (Å²) in [6.45, 7) is 1.37. The monoisotopic (exact) mass is 240 g/mol. The molecule has 2 rings (SSSR count). The minimum atomic E-state index is -0.824. The second kappa shape index (κ2) is 5.04. The highest BCUT2D eigenvalue weighted by Crippen LogP contribution is 2.33. The van der Waals surface area contributed by atoms with E-state index in [1.54, 1.807) is 4.90 Å². The van der Waals surface area contributed by atoms with Crippen LogP contribution in [0.3, 0.4) is 0 Å². The van der Waals surface area contributed by atoms with Crippen molar-refractivity contribution in [3.8, 4) is 0 Å². The highest BCUT2D eigenvalue weighted by molar-refractivity contribution is 5.85. The molecular formula is C12H20N2O3. The smallest absolute Gasteiger partial charge is 0.307 e. The van der Waals surface area contributed by atoms with Gasteiger partial charge in [-0.2, -0.15) is 0 Å². The van der Waals surface area contributed by atoms with Gasteiger partial charge < -0.3 is 15.7 Å². The van der Waals surface area contributed by atoms with E-state index < -0.39 is 11.9 Å². The molecule has 0 aromatic carbocycles. The second-order valence-electron chi connectivity index (χ2n) is 5.14. The molecule has 0 aromatic rings. The molecule has 17 heavy (non-hydrogen) atoms. The van der Waals surface area contributed by atoms with Crippen LogP contribution in [-0.2, 0) is 9.59 Å². The van der Waals surface area contributed by atoms with Gasteiger partial charge in [-0.3, -0.25) is 9.59 Å². The van der Waals surface area contributed by atoms with Crippen molar-refractivity contribution < 1.29 is 14.7 Å². The Morgan fingerprint density at radius 3 is 2.24 bits per heavy atom. The summed E-state index contributed by atoms with van der Waals surface area (Å²) in [5.41, 5.74) is 5.79. The van der Waals surface area contributed by atoms with Gasteiger partial charge in [-0.15, -0.1) is 0 Å². The summed E-state index contributed by atoms with van der Waals surface area (Å²) in [5.74, 6) is -1.57. The van der Waals surface area contributed by atoms with Crippen molar-refractivity contribution in [2.75, 3.05) is 13.1 Å². The van der Waals surface area contributed by atoms with E-state index in [0.717, 1.165) is 25.7 Å². The molecule has 2 unspecified atom stereocenters. The largest absolute Gasteiger partial charge is 0.481 e. The number of aliphatic carboxylic acids is 1.